The molecule has 0 saturated heterocycles. The van der Waals surface area contributed by atoms with Crippen LogP contribution in [-0.4, -0.2) is 36.1 Å². The van der Waals surface area contributed by atoms with Crippen LogP contribution in [-0.2, 0) is 13.1 Å². The zero-order chi connectivity index (χ0) is 20.8. The van der Waals surface area contributed by atoms with E-state index >= 15 is 0 Å². The van der Waals surface area contributed by atoms with Crippen LogP contribution >= 0.6 is 0 Å². The molecule has 1 heterocycles. The van der Waals surface area contributed by atoms with Gasteiger partial charge in [0.2, 0.25) is 6.79 Å². The molecule has 30 heavy (non-hydrogen) atoms. The molecule has 3 aromatic rings. The maximum atomic E-state index is 14.2. The van der Waals surface area contributed by atoms with Gasteiger partial charge in [-0.2, -0.15) is 0 Å². The zero-order valence-corrected chi connectivity index (χ0v) is 16.5. The van der Waals surface area contributed by atoms with E-state index in [0.29, 0.717) is 36.7 Å². The number of aliphatic hydroxyl groups excluding tert-OH is 1. The lowest BCUT2D eigenvalue weighted by molar-refractivity contribution is 0.0624. The molecule has 0 aliphatic carbocycles. The monoisotopic (exact) mass is 409 g/mol. The molecule has 0 bridgehead atoms. The Bertz CT molecular complexity index is 966. The topological polar surface area (TPSA) is 51.2 Å². The number of fused-ring (bicyclic) bond motifs is 1. The van der Waals surface area contributed by atoms with Gasteiger partial charge in [-0.05, 0) is 35.9 Å². The van der Waals surface area contributed by atoms with Gasteiger partial charge in [0.15, 0.2) is 11.5 Å². The highest BCUT2D eigenvalue weighted by molar-refractivity contribution is 5.44. The molecular formula is C24H24FNO4. The number of nitrogens with zero attached hydrogens (tertiary/aromatic N) is 1. The zero-order valence-electron chi connectivity index (χ0n) is 16.5. The van der Waals surface area contributed by atoms with Crippen molar-refractivity contribution in [1.82, 2.24) is 4.90 Å². The van der Waals surface area contributed by atoms with Crippen LogP contribution in [0.5, 0.6) is 17.2 Å². The highest BCUT2D eigenvalue weighted by Gasteiger charge is 2.18. The molecular weight excluding hydrogens is 385 g/mol. The van der Waals surface area contributed by atoms with E-state index in [4.69, 9.17) is 14.2 Å². The first-order valence-electron chi connectivity index (χ1n) is 9.87. The standard InChI is InChI=1S/C24H24FNO4/c25-22-9-5-4-6-19(22)14-26(13-18-10-11-23-24(12-18)30-17-29-23)15-20(27)16-28-21-7-2-1-3-8-21/h1-12,20,27H,13-17H2/t20-/m0/s1. The average molecular weight is 409 g/mol. The predicted molar refractivity (Wildman–Crippen MR) is 111 cm³/mol. The Balaban J connectivity index is 1.44. The summed E-state index contributed by atoms with van der Waals surface area (Å²) in [6, 6.07) is 21.8. The fourth-order valence-corrected chi connectivity index (χ4v) is 3.41. The van der Waals surface area contributed by atoms with Crippen LogP contribution in [0.4, 0.5) is 4.39 Å². The quantitative estimate of drug-likeness (QED) is 0.579. The summed E-state index contributed by atoms with van der Waals surface area (Å²) in [4.78, 5) is 2.00. The van der Waals surface area contributed by atoms with E-state index in [0.717, 1.165) is 11.3 Å². The number of ether oxygens (including phenoxy) is 3. The van der Waals surface area contributed by atoms with Gasteiger partial charge < -0.3 is 19.3 Å². The van der Waals surface area contributed by atoms with Crippen molar-refractivity contribution in [3.63, 3.8) is 0 Å². The number of halogens is 1. The van der Waals surface area contributed by atoms with Gasteiger partial charge in [-0.3, -0.25) is 4.90 Å². The van der Waals surface area contributed by atoms with Crippen molar-refractivity contribution in [3.8, 4) is 17.2 Å². The number of hydrogen-bond acceptors (Lipinski definition) is 5. The van der Waals surface area contributed by atoms with Crippen LogP contribution in [0.3, 0.4) is 0 Å². The highest BCUT2D eigenvalue weighted by atomic mass is 19.1. The van der Waals surface area contributed by atoms with E-state index in [1.54, 1.807) is 12.1 Å². The molecule has 0 aromatic heterocycles. The Morgan fingerprint density at radius 2 is 1.70 bits per heavy atom. The molecule has 3 aromatic carbocycles. The minimum Gasteiger partial charge on any atom is -0.491 e. The largest absolute Gasteiger partial charge is 0.491 e. The third kappa shape index (κ3) is 5.28. The number of benzene rings is 3. The first-order chi connectivity index (χ1) is 14.7. The van der Waals surface area contributed by atoms with E-state index in [1.807, 2.05) is 59.5 Å². The van der Waals surface area contributed by atoms with Crippen molar-refractivity contribution in [2.24, 2.45) is 0 Å². The lowest BCUT2D eigenvalue weighted by atomic mass is 10.1. The lowest BCUT2D eigenvalue weighted by Gasteiger charge is -2.25. The molecule has 0 saturated carbocycles. The van der Waals surface area contributed by atoms with Crippen molar-refractivity contribution in [2.45, 2.75) is 19.2 Å². The van der Waals surface area contributed by atoms with E-state index in [1.165, 1.54) is 6.07 Å². The Labute approximate surface area is 175 Å². The van der Waals surface area contributed by atoms with Crippen molar-refractivity contribution in [3.05, 3.63) is 89.7 Å². The van der Waals surface area contributed by atoms with Crippen LogP contribution in [0.15, 0.2) is 72.8 Å². The Morgan fingerprint density at radius 1 is 0.933 bits per heavy atom. The van der Waals surface area contributed by atoms with Gasteiger partial charge in [0, 0.05) is 25.2 Å². The second-order valence-electron chi connectivity index (χ2n) is 7.23. The van der Waals surface area contributed by atoms with Crippen molar-refractivity contribution in [1.29, 1.82) is 0 Å². The summed E-state index contributed by atoms with van der Waals surface area (Å²) in [5.41, 5.74) is 1.57. The summed E-state index contributed by atoms with van der Waals surface area (Å²) in [6.45, 7) is 1.58. The van der Waals surface area contributed by atoms with Crippen LogP contribution in [0.2, 0.25) is 0 Å². The average Bonchev–Trinajstić information content (AvgIpc) is 3.22. The second-order valence-corrected chi connectivity index (χ2v) is 7.23. The van der Waals surface area contributed by atoms with Gasteiger partial charge in [0.05, 0.1) is 0 Å². The highest BCUT2D eigenvalue weighted by Crippen LogP contribution is 2.33. The fourth-order valence-electron chi connectivity index (χ4n) is 3.41. The third-order valence-corrected chi connectivity index (χ3v) is 4.85. The van der Waals surface area contributed by atoms with E-state index in [2.05, 4.69) is 0 Å². The molecule has 1 atom stereocenters. The van der Waals surface area contributed by atoms with Gasteiger partial charge in [-0.25, -0.2) is 4.39 Å². The molecule has 0 unspecified atom stereocenters. The van der Waals surface area contributed by atoms with Crippen LogP contribution < -0.4 is 14.2 Å². The SMILES string of the molecule is O[C@H](COc1ccccc1)CN(Cc1ccc2c(c1)OCO2)Cc1ccccc1F. The molecule has 156 valence electrons. The molecule has 5 nitrogen and oxygen atoms in total. The molecule has 0 radical (unpaired) electrons. The lowest BCUT2D eigenvalue weighted by Crippen LogP contribution is -2.35. The first-order valence-corrected chi connectivity index (χ1v) is 9.87. The van der Waals surface area contributed by atoms with Crippen LogP contribution in [0, 0.1) is 5.82 Å². The maximum absolute atomic E-state index is 14.2. The fraction of sp³-hybridized carbons (Fsp3) is 0.250. The van der Waals surface area contributed by atoms with E-state index in [-0.39, 0.29) is 19.2 Å². The van der Waals surface area contributed by atoms with Gasteiger partial charge in [0.1, 0.15) is 24.3 Å². The minimum atomic E-state index is -0.731. The van der Waals surface area contributed by atoms with Crippen molar-refractivity contribution < 1.29 is 23.7 Å². The summed E-state index contributed by atoms with van der Waals surface area (Å²) < 4.78 is 30.7. The van der Waals surface area contributed by atoms with Crippen LogP contribution in [0.1, 0.15) is 11.1 Å². The molecule has 6 heteroatoms. The molecule has 1 N–H and O–H groups in total. The predicted octanol–water partition coefficient (Wildman–Crippen LogP) is 4.00. The first kappa shape index (κ1) is 20.2. The third-order valence-electron chi connectivity index (χ3n) is 4.85. The number of hydrogen-bond donors (Lipinski definition) is 1. The Morgan fingerprint density at radius 3 is 2.53 bits per heavy atom. The Kier molecular flexibility index (Phi) is 6.47. The van der Waals surface area contributed by atoms with Gasteiger partial charge in [-0.1, -0.05) is 42.5 Å². The summed E-state index contributed by atoms with van der Waals surface area (Å²) in [5, 5.41) is 10.6. The van der Waals surface area contributed by atoms with Crippen molar-refractivity contribution >= 4 is 0 Å². The number of rotatable bonds is 9. The summed E-state index contributed by atoms with van der Waals surface area (Å²) in [7, 11) is 0. The minimum absolute atomic E-state index is 0.152. The van der Waals surface area contributed by atoms with Crippen molar-refractivity contribution in [2.75, 3.05) is 19.9 Å². The maximum Gasteiger partial charge on any atom is 0.231 e. The normalized spacial score (nSPS) is 13.4. The van der Waals surface area contributed by atoms with E-state index < -0.39 is 6.10 Å². The summed E-state index contributed by atoms with van der Waals surface area (Å²) in [5.74, 6) is 1.86. The van der Waals surface area contributed by atoms with Gasteiger partial charge in [-0.15, -0.1) is 0 Å². The molecule has 1 aliphatic heterocycles. The molecule has 0 spiro atoms. The summed E-state index contributed by atoms with van der Waals surface area (Å²) >= 11 is 0. The smallest absolute Gasteiger partial charge is 0.231 e. The van der Waals surface area contributed by atoms with Gasteiger partial charge >= 0.3 is 0 Å². The Hall–Kier alpha value is -3.09. The second kappa shape index (κ2) is 9.61. The summed E-state index contributed by atoms with van der Waals surface area (Å²) in [6.07, 6.45) is -0.731. The molecule has 4 rings (SSSR count). The molecule has 0 amide bonds. The molecule has 0 fully saturated rings. The van der Waals surface area contributed by atoms with E-state index in [9.17, 15) is 9.50 Å². The molecule has 1 aliphatic rings. The number of aliphatic hydroxyl groups is 1. The number of para-hydroxylation sites is 1. The van der Waals surface area contributed by atoms with Gasteiger partial charge in [0.25, 0.3) is 0 Å². The van der Waals surface area contributed by atoms with Crippen LogP contribution in [0.25, 0.3) is 0 Å².